The van der Waals surface area contributed by atoms with Crippen LogP contribution in [0.4, 0.5) is 5.69 Å². The first-order chi connectivity index (χ1) is 22.9. The zero-order valence-electron chi connectivity index (χ0n) is 28.5. The van der Waals surface area contributed by atoms with E-state index in [0.29, 0.717) is 36.3 Å². The van der Waals surface area contributed by atoms with Crippen LogP contribution in [0.5, 0.6) is 5.88 Å². The van der Waals surface area contributed by atoms with Gasteiger partial charge in [0.25, 0.3) is 0 Å². The summed E-state index contributed by atoms with van der Waals surface area (Å²) in [5.41, 5.74) is 6.46. The Morgan fingerprint density at radius 1 is 1.04 bits per heavy atom. The predicted molar refractivity (Wildman–Crippen MR) is 193 cm³/mol. The summed E-state index contributed by atoms with van der Waals surface area (Å²) in [4.78, 5) is 28.6. The van der Waals surface area contributed by atoms with Crippen LogP contribution in [0.2, 0.25) is 0 Å². The molecule has 1 atom stereocenters. The van der Waals surface area contributed by atoms with Crippen LogP contribution in [-0.4, -0.2) is 45.4 Å². The Bertz CT molecular complexity index is 2110. The Hall–Kier alpha value is -5.28. The molecule has 9 heteroatoms. The molecule has 48 heavy (non-hydrogen) atoms. The van der Waals surface area contributed by atoms with E-state index in [1.54, 1.807) is 12.4 Å². The van der Waals surface area contributed by atoms with Gasteiger partial charge < -0.3 is 24.0 Å². The van der Waals surface area contributed by atoms with Gasteiger partial charge in [0, 0.05) is 41.3 Å². The van der Waals surface area contributed by atoms with Gasteiger partial charge in [0.2, 0.25) is 11.8 Å². The minimum Gasteiger partial charge on any atom is -0.479 e. The lowest BCUT2D eigenvalue weighted by molar-refractivity contribution is -0.160. The molecule has 0 radical (unpaired) electrons. The van der Waals surface area contributed by atoms with Crippen molar-refractivity contribution in [1.82, 2.24) is 9.55 Å². The molecule has 0 amide bonds. The summed E-state index contributed by atoms with van der Waals surface area (Å²) in [6, 6.07) is 20.2. The number of carbonyl (C=O) groups is 1. The first kappa shape index (κ1) is 32.7. The highest BCUT2D eigenvalue weighted by atomic mass is 16.5. The fourth-order valence-electron chi connectivity index (χ4n) is 6.53. The summed E-state index contributed by atoms with van der Waals surface area (Å²) in [5, 5.41) is 13.5. The van der Waals surface area contributed by atoms with Crippen LogP contribution >= 0.6 is 0 Å². The van der Waals surface area contributed by atoms with Gasteiger partial charge in [0.1, 0.15) is 5.76 Å². The number of aliphatic imine (C=N–C) groups is 2. The molecule has 9 nitrogen and oxygen atoms in total. The predicted octanol–water partition coefficient (Wildman–Crippen LogP) is 8.54. The van der Waals surface area contributed by atoms with Crippen molar-refractivity contribution in [1.29, 1.82) is 0 Å². The van der Waals surface area contributed by atoms with E-state index >= 15 is 0 Å². The summed E-state index contributed by atoms with van der Waals surface area (Å²) in [6.07, 6.45) is 2.11. The SMILES string of the molecule is C=N/C(=N\C=C(/C)Oc1nccc2ccccc12)N1CCn2c(C)cc3c(-c4ccc(C)cc4)c([C@H](OC(C)(C)C)C(=O)O)c(C)c1c32. The Kier molecular flexibility index (Phi) is 8.66. The number of guanidine groups is 1. The van der Waals surface area contributed by atoms with Crippen LogP contribution in [0.3, 0.4) is 0 Å². The Labute approximate surface area is 280 Å². The van der Waals surface area contributed by atoms with Gasteiger partial charge in [-0.25, -0.2) is 19.8 Å². The Morgan fingerprint density at radius 3 is 2.46 bits per heavy atom. The van der Waals surface area contributed by atoms with Gasteiger partial charge in [0.15, 0.2) is 6.10 Å². The number of carboxylic acids is 1. The number of pyridine rings is 1. The molecule has 246 valence electrons. The second-order valence-corrected chi connectivity index (χ2v) is 13.2. The number of anilines is 1. The number of allylic oxidation sites excluding steroid dienone is 1. The largest absolute Gasteiger partial charge is 0.479 e. The van der Waals surface area contributed by atoms with Gasteiger partial charge in [-0.3, -0.25) is 0 Å². The molecule has 0 unspecified atom stereocenters. The molecule has 1 N–H and O–H groups in total. The van der Waals surface area contributed by atoms with Gasteiger partial charge in [-0.05, 0) is 95.5 Å². The summed E-state index contributed by atoms with van der Waals surface area (Å²) in [7, 11) is 0. The number of benzene rings is 3. The molecule has 0 spiro atoms. The van der Waals surface area contributed by atoms with Crippen LogP contribution in [0.15, 0.2) is 88.8 Å². The van der Waals surface area contributed by atoms with Gasteiger partial charge >= 0.3 is 5.97 Å². The van der Waals surface area contributed by atoms with Crippen molar-refractivity contribution in [3.63, 3.8) is 0 Å². The van der Waals surface area contributed by atoms with Gasteiger partial charge in [0.05, 0.1) is 23.0 Å². The first-order valence-corrected chi connectivity index (χ1v) is 16.0. The van der Waals surface area contributed by atoms with Crippen molar-refractivity contribution in [3.8, 4) is 17.0 Å². The van der Waals surface area contributed by atoms with Crippen LogP contribution in [-0.2, 0) is 16.1 Å². The van der Waals surface area contributed by atoms with E-state index in [9.17, 15) is 9.90 Å². The number of aromatic nitrogens is 2. The van der Waals surface area contributed by atoms with E-state index in [1.165, 1.54) is 0 Å². The number of nitrogens with zero attached hydrogens (tertiary/aromatic N) is 5. The van der Waals surface area contributed by atoms with E-state index in [1.807, 2.05) is 88.9 Å². The highest BCUT2D eigenvalue weighted by Crippen LogP contribution is 2.48. The monoisotopic (exact) mass is 643 g/mol. The normalized spacial score (nSPS) is 14.4. The summed E-state index contributed by atoms with van der Waals surface area (Å²) >= 11 is 0. The molecule has 0 fully saturated rings. The topological polar surface area (TPSA) is 102 Å². The fourth-order valence-corrected chi connectivity index (χ4v) is 6.53. The number of ether oxygens (including phenoxy) is 2. The molecule has 6 rings (SSSR count). The number of rotatable bonds is 7. The van der Waals surface area contributed by atoms with E-state index in [2.05, 4.69) is 46.4 Å². The molecule has 1 aliphatic heterocycles. The first-order valence-electron chi connectivity index (χ1n) is 16.0. The van der Waals surface area contributed by atoms with Crippen LogP contribution in [0.25, 0.3) is 32.8 Å². The van der Waals surface area contributed by atoms with E-state index in [4.69, 9.17) is 14.5 Å². The fraction of sp³-hybridized carbons (Fsp3) is 0.282. The summed E-state index contributed by atoms with van der Waals surface area (Å²) < 4.78 is 14.7. The van der Waals surface area contributed by atoms with Crippen molar-refractivity contribution in [2.75, 3.05) is 11.4 Å². The molecule has 0 bridgehead atoms. The molecule has 2 aromatic heterocycles. The third kappa shape index (κ3) is 6.09. The number of aryl methyl sites for hydroxylation is 2. The minimum absolute atomic E-state index is 0.371. The third-order valence-corrected chi connectivity index (χ3v) is 8.58. The van der Waals surface area contributed by atoms with Crippen LogP contribution < -0.4 is 9.64 Å². The summed E-state index contributed by atoms with van der Waals surface area (Å²) in [6.45, 7) is 18.6. The molecule has 3 heterocycles. The maximum absolute atomic E-state index is 13.0. The molecule has 1 aliphatic rings. The van der Waals surface area contributed by atoms with E-state index < -0.39 is 17.7 Å². The molecular weight excluding hydrogens is 602 g/mol. The minimum atomic E-state index is -1.23. The number of fused-ring (bicyclic) bond motifs is 1. The lowest BCUT2D eigenvalue weighted by Gasteiger charge is -2.35. The number of aliphatic carboxylic acids is 1. The average Bonchev–Trinajstić information content (AvgIpc) is 3.38. The molecule has 3 aromatic carbocycles. The second kappa shape index (κ2) is 12.7. The zero-order valence-corrected chi connectivity index (χ0v) is 28.5. The van der Waals surface area contributed by atoms with Crippen molar-refractivity contribution < 1.29 is 19.4 Å². The standard InChI is InChI=1S/C39H41N5O4/c1-23-13-15-28(16-14-23)32-30-21-24(2)43-19-20-44(33(34(30)43)26(4)31(32)35(37(45)46)48-39(5,6)7)38(40-8)42-22-25(3)47-36-29-12-10-9-11-27(29)17-18-41-36/h9-18,21-22,35H,8,19-20H2,1-7H3,(H,45,46)/b25-22+,42-38+/t35-/m0/s1. The molecular formula is C39H41N5O4. The maximum atomic E-state index is 13.0. The van der Waals surface area contributed by atoms with Crippen LogP contribution in [0.1, 0.15) is 56.2 Å². The highest BCUT2D eigenvalue weighted by Gasteiger charge is 2.36. The zero-order chi connectivity index (χ0) is 34.3. The van der Waals surface area contributed by atoms with E-state index in [0.717, 1.165) is 55.3 Å². The van der Waals surface area contributed by atoms with Crippen molar-refractivity contribution in [2.45, 2.75) is 66.7 Å². The van der Waals surface area contributed by atoms with Gasteiger partial charge in [-0.2, -0.15) is 0 Å². The maximum Gasteiger partial charge on any atom is 0.337 e. The molecule has 0 saturated carbocycles. The number of hydrogen-bond donors (Lipinski definition) is 1. The summed E-state index contributed by atoms with van der Waals surface area (Å²) in [5.74, 6) is 0.331. The van der Waals surface area contributed by atoms with Crippen molar-refractivity contribution in [3.05, 3.63) is 101 Å². The molecule has 5 aromatic rings. The number of hydrogen-bond acceptors (Lipinski definition) is 5. The molecule has 0 saturated heterocycles. The average molecular weight is 644 g/mol. The van der Waals surface area contributed by atoms with Crippen molar-refractivity contribution in [2.24, 2.45) is 9.98 Å². The van der Waals surface area contributed by atoms with Gasteiger partial charge in [-0.1, -0.05) is 48.0 Å². The lowest BCUT2D eigenvalue weighted by Crippen LogP contribution is -2.37. The molecule has 0 aliphatic carbocycles. The van der Waals surface area contributed by atoms with Crippen molar-refractivity contribution >= 4 is 46.0 Å². The van der Waals surface area contributed by atoms with E-state index in [-0.39, 0.29) is 0 Å². The smallest absolute Gasteiger partial charge is 0.337 e. The Balaban J connectivity index is 1.53. The van der Waals surface area contributed by atoms with Crippen LogP contribution in [0, 0.1) is 20.8 Å². The number of carboxylic acid groups (broad SMARTS) is 1. The second-order valence-electron chi connectivity index (χ2n) is 13.2. The van der Waals surface area contributed by atoms with Gasteiger partial charge in [-0.15, -0.1) is 0 Å². The highest BCUT2D eigenvalue weighted by molar-refractivity contribution is 6.13. The third-order valence-electron chi connectivity index (χ3n) is 8.58. The Morgan fingerprint density at radius 2 is 1.77 bits per heavy atom. The quantitative estimate of drug-likeness (QED) is 0.108. The lowest BCUT2D eigenvalue weighted by atomic mass is 9.87.